The minimum atomic E-state index is -2.90. The molecule has 0 spiro atoms. The van der Waals surface area contributed by atoms with Gasteiger partial charge in [-0.25, -0.2) is 9.67 Å². The van der Waals surface area contributed by atoms with Gasteiger partial charge in [0.05, 0.1) is 10.6 Å². The van der Waals surface area contributed by atoms with Crippen LogP contribution >= 0.6 is 11.3 Å². The number of halogens is 2. The molecule has 0 saturated heterocycles. The number of nitrogens with one attached hydrogen (secondary N) is 1. The summed E-state index contributed by atoms with van der Waals surface area (Å²) in [7, 11) is 0. The molecule has 10 nitrogen and oxygen atoms in total. The first-order valence-electron chi connectivity index (χ1n) is 9.61. The largest absolute Gasteiger partial charge is 0.464 e. The number of nitro benzene ring substituents is 1. The van der Waals surface area contributed by atoms with E-state index >= 15 is 0 Å². The number of rotatable bonds is 9. The molecular formula is C21H15F2N5O5S. The van der Waals surface area contributed by atoms with E-state index in [4.69, 9.17) is 4.74 Å². The molecule has 0 aliphatic heterocycles. The minimum Gasteiger partial charge on any atom is -0.464 e. The maximum absolute atomic E-state index is 12.5. The molecule has 1 N–H and O–H groups in total. The van der Waals surface area contributed by atoms with Gasteiger partial charge in [-0.1, -0.05) is 12.1 Å². The molecule has 0 fully saturated rings. The summed E-state index contributed by atoms with van der Waals surface area (Å²) in [5, 5.41) is 19.8. The van der Waals surface area contributed by atoms with Crippen LogP contribution in [0, 0.1) is 10.1 Å². The summed E-state index contributed by atoms with van der Waals surface area (Å²) in [6.07, 6.45) is 1.50. The second kappa shape index (κ2) is 10.0. The maximum atomic E-state index is 12.5. The predicted octanol–water partition coefficient (Wildman–Crippen LogP) is 4.81. The number of para-hydroxylation sites is 2. The molecule has 2 aromatic carbocycles. The van der Waals surface area contributed by atoms with Crippen molar-refractivity contribution in [3.63, 3.8) is 0 Å². The SMILES string of the molecule is O=C(Nc1nc(-c2ccc(OC(F)F)cc2)cs1)c1ccn(COc2ccccc2[N+](=O)[O-])n1. The molecule has 174 valence electrons. The van der Waals surface area contributed by atoms with Crippen LogP contribution in [-0.2, 0) is 6.73 Å². The fourth-order valence-corrected chi connectivity index (χ4v) is 3.57. The Labute approximate surface area is 194 Å². The van der Waals surface area contributed by atoms with Crippen LogP contribution in [-0.4, -0.2) is 32.2 Å². The highest BCUT2D eigenvalue weighted by Gasteiger charge is 2.16. The number of carbonyl (C=O) groups excluding carboxylic acids is 1. The normalized spacial score (nSPS) is 10.8. The third-order valence-electron chi connectivity index (χ3n) is 4.39. The molecule has 1 amide bonds. The number of alkyl halides is 2. The molecular weight excluding hydrogens is 472 g/mol. The predicted molar refractivity (Wildman–Crippen MR) is 118 cm³/mol. The Morgan fingerprint density at radius 3 is 2.68 bits per heavy atom. The topological polar surface area (TPSA) is 121 Å². The number of hydrogen-bond donors (Lipinski definition) is 1. The van der Waals surface area contributed by atoms with Gasteiger partial charge in [-0.15, -0.1) is 11.3 Å². The number of thiazole rings is 1. The number of ether oxygens (including phenoxy) is 2. The van der Waals surface area contributed by atoms with Crippen LogP contribution in [0.1, 0.15) is 10.5 Å². The van der Waals surface area contributed by atoms with Crippen molar-refractivity contribution < 1.29 is 28.0 Å². The molecule has 4 rings (SSSR count). The van der Waals surface area contributed by atoms with Crippen molar-refractivity contribution in [1.82, 2.24) is 14.8 Å². The van der Waals surface area contributed by atoms with Crippen LogP contribution in [0.25, 0.3) is 11.3 Å². The van der Waals surface area contributed by atoms with Crippen molar-refractivity contribution in [2.75, 3.05) is 5.32 Å². The van der Waals surface area contributed by atoms with Gasteiger partial charge in [-0.3, -0.25) is 20.2 Å². The summed E-state index contributed by atoms with van der Waals surface area (Å²) in [5.74, 6) is -0.395. The first kappa shape index (κ1) is 22.8. The van der Waals surface area contributed by atoms with E-state index < -0.39 is 17.4 Å². The zero-order chi connectivity index (χ0) is 24.1. The van der Waals surface area contributed by atoms with Gasteiger partial charge in [0.15, 0.2) is 23.3 Å². The smallest absolute Gasteiger partial charge is 0.387 e. The lowest BCUT2D eigenvalue weighted by Gasteiger charge is -2.06. The van der Waals surface area contributed by atoms with Crippen LogP contribution in [0.5, 0.6) is 11.5 Å². The quantitative estimate of drug-likeness (QED) is 0.266. The Bertz CT molecular complexity index is 1310. The second-order valence-electron chi connectivity index (χ2n) is 6.63. The van der Waals surface area contributed by atoms with Crippen molar-refractivity contribution in [1.29, 1.82) is 0 Å². The Kier molecular flexibility index (Phi) is 6.73. The van der Waals surface area contributed by atoms with Crippen LogP contribution in [0.15, 0.2) is 66.2 Å². The maximum Gasteiger partial charge on any atom is 0.387 e. The standard InChI is InChI=1S/C21H15F2N5O5S/c22-20(23)33-14-7-5-13(6-8-14)16-11-34-21(24-16)25-19(29)15-9-10-27(26-15)12-32-18-4-2-1-3-17(18)28(30)31/h1-11,20H,12H2,(H,24,25,29). The summed E-state index contributed by atoms with van der Waals surface area (Å²) in [6, 6.07) is 13.4. The number of hydrogen-bond acceptors (Lipinski definition) is 8. The molecule has 34 heavy (non-hydrogen) atoms. The van der Waals surface area contributed by atoms with Crippen molar-refractivity contribution in [3.8, 4) is 22.8 Å². The average Bonchev–Trinajstić information content (AvgIpc) is 3.48. The number of aromatic nitrogens is 3. The van der Waals surface area contributed by atoms with Crippen LogP contribution in [0.4, 0.5) is 19.6 Å². The monoisotopic (exact) mass is 487 g/mol. The molecule has 13 heteroatoms. The van der Waals surface area contributed by atoms with E-state index in [0.717, 1.165) is 0 Å². The summed E-state index contributed by atoms with van der Waals surface area (Å²) in [6.45, 7) is -3.04. The third-order valence-corrected chi connectivity index (χ3v) is 5.15. The number of nitro groups is 1. The van der Waals surface area contributed by atoms with E-state index in [-0.39, 0.29) is 29.6 Å². The molecule has 0 radical (unpaired) electrons. The van der Waals surface area contributed by atoms with Gasteiger partial charge in [0.25, 0.3) is 5.91 Å². The zero-order valence-electron chi connectivity index (χ0n) is 17.1. The van der Waals surface area contributed by atoms with Gasteiger partial charge in [-0.2, -0.15) is 13.9 Å². The van der Waals surface area contributed by atoms with E-state index in [1.165, 1.54) is 58.6 Å². The number of nitrogens with zero attached hydrogens (tertiary/aromatic N) is 4. The molecule has 0 aliphatic carbocycles. The first-order chi connectivity index (χ1) is 16.4. The van der Waals surface area contributed by atoms with E-state index in [1.807, 2.05) is 0 Å². The van der Waals surface area contributed by atoms with E-state index in [9.17, 15) is 23.7 Å². The van der Waals surface area contributed by atoms with E-state index in [1.54, 1.807) is 23.6 Å². The summed E-state index contributed by atoms with van der Waals surface area (Å²) >= 11 is 1.18. The van der Waals surface area contributed by atoms with Crippen LogP contribution < -0.4 is 14.8 Å². The summed E-state index contributed by atoms with van der Waals surface area (Å²) in [5.41, 5.74) is 1.13. The lowest BCUT2D eigenvalue weighted by Crippen LogP contribution is -2.14. The first-order valence-corrected chi connectivity index (χ1v) is 10.5. The van der Waals surface area contributed by atoms with Crippen molar-refractivity contribution >= 4 is 28.1 Å². The van der Waals surface area contributed by atoms with E-state index in [2.05, 4.69) is 20.1 Å². The van der Waals surface area contributed by atoms with Gasteiger partial charge >= 0.3 is 12.3 Å². The lowest BCUT2D eigenvalue weighted by atomic mass is 10.2. The second-order valence-corrected chi connectivity index (χ2v) is 7.49. The fourth-order valence-electron chi connectivity index (χ4n) is 2.85. The van der Waals surface area contributed by atoms with Gasteiger partial charge in [0.2, 0.25) is 0 Å². The van der Waals surface area contributed by atoms with Gasteiger partial charge in [0.1, 0.15) is 5.75 Å². The van der Waals surface area contributed by atoms with Crippen LogP contribution in [0.2, 0.25) is 0 Å². The highest BCUT2D eigenvalue weighted by atomic mass is 32.1. The fraction of sp³-hybridized carbons (Fsp3) is 0.0952. The zero-order valence-corrected chi connectivity index (χ0v) is 17.9. The number of anilines is 1. The highest BCUT2D eigenvalue weighted by Crippen LogP contribution is 2.28. The Hall–Kier alpha value is -4.39. The molecule has 2 heterocycles. The molecule has 4 aromatic rings. The Morgan fingerprint density at radius 1 is 1.18 bits per heavy atom. The molecule has 0 bridgehead atoms. The third kappa shape index (κ3) is 5.50. The minimum absolute atomic E-state index is 0.0314. The van der Waals surface area contributed by atoms with Gasteiger partial charge in [-0.05, 0) is 36.4 Å². The molecule has 0 atom stereocenters. The Balaban J connectivity index is 1.36. The van der Waals surface area contributed by atoms with Crippen molar-refractivity contribution in [2.24, 2.45) is 0 Å². The molecule has 0 saturated carbocycles. The molecule has 0 unspecified atom stereocenters. The number of benzene rings is 2. The van der Waals surface area contributed by atoms with E-state index in [0.29, 0.717) is 16.4 Å². The summed E-state index contributed by atoms with van der Waals surface area (Å²) in [4.78, 5) is 27.3. The van der Waals surface area contributed by atoms with Gasteiger partial charge < -0.3 is 9.47 Å². The summed E-state index contributed by atoms with van der Waals surface area (Å²) < 4.78 is 35.6. The molecule has 0 aliphatic rings. The van der Waals surface area contributed by atoms with Crippen molar-refractivity contribution in [2.45, 2.75) is 13.3 Å². The van der Waals surface area contributed by atoms with Gasteiger partial charge in [0, 0.05) is 23.2 Å². The number of amides is 1. The average molecular weight is 487 g/mol. The Morgan fingerprint density at radius 2 is 1.94 bits per heavy atom. The highest BCUT2D eigenvalue weighted by molar-refractivity contribution is 7.14. The number of carbonyl (C=O) groups is 1. The van der Waals surface area contributed by atoms with Crippen LogP contribution in [0.3, 0.4) is 0 Å². The van der Waals surface area contributed by atoms with Crippen molar-refractivity contribution in [3.05, 3.63) is 82.0 Å². The molecule has 2 aromatic heterocycles. The lowest BCUT2D eigenvalue weighted by molar-refractivity contribution is -0.386.